The van der Waals surface area contributed by atoms with Gasteiger partial charge in [-0.25, -0.2) is 9.78 Å². The van der Waals surface area contributed by atoms with Gasteiger partial charge in [-0.15, -0.1) is 0 Å². The lowest BCUT2D eigenvalue weighted by Gasteiger charge is -2.13. The van der Waals surface area contributed by atoms with E-state index in [0.717, 1.165) is 10.1 Å². The molecule has 9 nitrogen and oxygen atoms in total. The van der Waals surface area contributed by atoms with Crippen molar-refractivity contribution in [3.8, 4) is 23.1 Å². The Kier molecular flexibility index (Phi) is 7.53. The molecule has 0 saturated heterocycles. The van der Waals surface area contributed by atoms with Crippen LogP contribution in [-0.4, -0.2) is 42.2 Å². The number of ether oxygens (including phenoxy) is 3. The lowest BCUT2D eigenvalue weighted by Crippen LogP contribution is -2.20. The molecule has 0 fully saturated rings. The Bertz CT molecular complexity index is 1790. The van der Waals surface area contributed by atoms with E-state index in [1.807, 2.05) is 0 Å². The molecule has 0 saturated carbocycles. The summed E-state index contributed by atoms with van der Waals surface area (Å²) >= 11 is 12.6. The van der Waals surface area contributed by atoms with Crippen LogP contribution in [0.5, 0.6) is 11.5 Å². The molecule has 198 valence electrons. The first-order valence-corrected chi connectivity index (χ1v) is 12.5. The van der Waals surface area contributed by atoms with Gasteiger partial charge >= 0.3 is 5.97 Å². The number of carbonyl (C=O) groups is 1. The first kappa shape index (κ1) is 26.3. The van der Waals surface area contributed by atoms with Gasteiger partial charge in [0.2, 0.25) is 5.82 Å². The third-order valence-electron chi connectivity index (χ3n) is 5.67. The molecule has 0 bridgehead atoms. The van der Waals surface area contributed by atoms with Crippen molar-refractivity contribution in [2.24, 2.45) is 5.10 Å². The Morgan fingerprint density at radius 2 is 1.95 bits per heavy atom. The van der Waals surface area contributed by atoms with Gasteiger partial charge in [0.15, 0.2) is 23.9 Å². The number of hydrogen-bond donors (Lipinski definition) is 0. The van der Waals surface area contributed by atoms with E-state index in [-0.39, 0.29) is 35.6 Å². The van der Waals surface area contributed by atoms with Crippen LogP contribution < -0.4 is 15.0 Å². The van der Waals surface area contributed by atoms with Crippen LogP contribution in [0, 0.1) is 0 Å². The van der Waals surface area contributed by atoms with Gasteiger partial charge in [0.05, 0.1) is 35.9 Å². The largest absolute Gasteiger partial charge is 0.493 e. The second-order valence-corrected chi connectivity index (χ2v) is 9.08. The van der Waals surface area contributed by atoms with E-state index in [0.29, 0.717) is 32.8 Å². The molecule has 0 amide bonds. The molecule has 0 radical (unpaired) electrons. The number of halogens is 2. The number of nitrogens with zero attached hydrogens (tertiary/aromatic N) is 3. The van der Waals surface area contributed by atoms with E-state index in [4.69, 9.17) is 41.8 Å². The fraction of sp³-hybridized carbons (Fsp3) is 0.143. The van der Waals surface area contributed by atoms with Gasteiger partial charge in [-0.1, -0.05) is 35.3 Å². The van der Waals surface area contributed by atoms with Gasteiger partial charge in [-0.3, -0.25) is 4.79 Å². The Morgan fingerprint density at radius 1 is 1.13 bits per heavy atom. The fourth-order valence-electron chi connectivity index (χ4n) is 3.93. The summed E-state index contributed by atoms with van der Waals surface area (Å²) in [5, 5.41) is 6.31. The summed E-state index contributed by atoms with van der Waals surface area (Å²) in [6, 6.07) is 17.1. The van der Waals surface area contributed by atoms with Gasteiger partial charge in [0, 0.05) is 10.4 Å². The van der Waals surface area contributed by atoms with Crippen LogP contribution in [0.4, 0.5) is 0 Å². The summed E-state index contributed by atoms with van der Waals surface area (Å²) in [5.41, 5.74) is 1.19. The molecule has 5 rings (SSSR count). The van der Waals surface area contributed by atoms with Crippen molar-refractivity contribution in [2.45, 2.75) is 6.92 Å². The van der Waals surface area contributed by atoms with Crippen molar-refractivity contribution >= 4 is 57.3 Å². The molecule has 2 aromatic heterocycles. The Morgan fingerprint density at radius 3 is 2.74 bits per heavy atom. The molecule has 0 aliphatic heterocycles. The van der Waals surface area contributed by atoms with E-state index < -0.39 is 11.5 Å². The van der Waals surface area contributed by atoms with E-state index in [1.165, 1.54) is 13.3 Å². The van der Waals surface area contributed by atoms with E-state index >= 15 is 0 Å². The van der Waals surface area contributed by atoms with Gasteiger partial charge in [-0.2, -0.15) is 9.78 Å². The smallest absolute Gasteiger partial charge is 0.344 e. The predicted molar refractivity (Wildman–Crippen MR) is 149 cm³/mol. The number of aromatic nitrogens is 2. The number of carbonyl (C=O) groups excluding carboxylic acids is 1. The standard InChI is InChI=1S/C28H21Cl2N3O6/c1-3-37-25(34)15-38-26-20(30)10-16(11-23(26)36-2)14-31-33-27(32-21-7-5-4-6-19(21)28(33)35)24-13-17-12-18(29)8-9-22(17)39-24/h4-14H,3,15H2,1-2H3. The maximum atomic E-state index is 13.5. The average molecular weight is 566 g/mol. The molecular weight excluding hydrogens is 545 g/mol. The van der Waals surface area contributed by atoms with Crippen LogP contribution in [-0.2, 0) is 9.53 Å². The minimum atomic E-state index is -0.537. The number of benzene rings is 3. The van der Waals surface area contributed by atoms with Crippen LogP contribution in [0.1, 0.15) is 12.5 Å². The van der Waals surface area contributed by atoms with Crippen molar-refractivity contribution in [1.82, 2.24) is 9.66 Å². The summed E-state index contributed by atoms with van der Waals surface area (Å²) in [7, 11) is 1.44. The Hall–Kier alpha value is -4.34. The highest BCUT2D eigenvalue weighted by Gasteiger charge is 2.18. The van der Waals surface area contributed by atoms with Crippen molar-refractivity contribution in [2.75, 3.05) is 20.3 Å². The topological polar surface area (TPSA) is 105 Å². The summed E-state index contributed by atoms with van der Waals surface area (Å²) < 4.78 is 22.9. The number of hydrogen-bond acceptors (Lipinski definition) is 8. The van der Waals surface area contributed by atoms with Gasteiger partial charge in [-0.05, 0) is 61.0 Å². The average Bonchev–Trinajstić information content (AvgIpc) is 3.34. The van der Waals surface area contributed by atoms with Gasteiger partial charge < -0.3 is 18.6 Å². The Balaban J connectivity index is 1.57. The monoisotopic (exact) mass is 565 g/mol. The zero-order valence-corrected chi connectivity index (χ0v) is 22.3. The molecule has 0 spiro atoms. The zero-order valence-electron chi connectivity index (χ0n) is 20.8. The van der Waals surface area contributed by atoms with Crippen molar-refractivity contribution in [1.29, 1.82) is 0 Å². The number of para-hydroxylation sites is 1. The van der Waals surface area contributed by atoms with E-state index in [9.17, 15) is 9.59 Å². The minimum Gasteiger partial charge on any atom is -0.493 e. The lowest BCUT2D eigenvalue weighted by molar-refractivity contribution is -0.145. The van der Waals surface area contributed by atoms with Crippen LogP contribution in [0.25, 0.3) is 33.5 Å². The normalized spacial score (nSPS) is 11.4. The first-order chi connectivity index (χ1) is 18.9. The molecular formula is C28H21Cl2N3O6. The van der Waals surface area contributed by atoms with Crippen LogP contribution >= 0.6 is 23.2 Å². The lowest BCUT2D eigenvalue weighted by atomic mass is 10.2. The minimum absolute atomic E-state index is 0.176. The summed E-state index contributed by atoms with van der Waals surface area (Å²) in [6.07, 6.45) is 1.43. The fourth-order valence-corrected chi connectivity index (χ4v) is 4.38. The molecule has 0 atom stereocenters. The predicted octanol–water partition coefficient (Wildman–Crippen LogP) is 5.95. The molecule has 0 aliphatic rings. The van der Waals surface area contributed by atoms with E-state index in [1.54, 1.807) is 67.6 Å². The van der Waals surface area contributed by atoms with Crippen LogP contribution in [0.2, 0.25) is 10.0 Å². The third-order valence-corrected chi connectivity index (χ3v) is 6.18. The highest BCUT2D eigenvalue weighted by Crippen LogP contribution is 2.36. The zero-order chi connectivity index (χ0) is 27.5. The molecule has 0 aliphatic carbocycles. The van der Waals surface area contributed by atoms with Crippen LogP contribution in [0.3, 0.4) is 0 Å². The number of esters is 1. The second-order valence-electron chi connectivity index (χ2n) is 8.23. The second kappa shape index (κ2) is 11.2. The maximum absolute atomic E-state index is 13.5. The third kappa shape index (κ3) is 5.45. The van der Waals surface area contributed by atoms with Gasteiger partial charge in [0.1, 0.15) is 5.58 Å². The van der Waals surface area contributed by atoms with Crippen LogP contribution in [0.15, 0.2) is 75.0 Å². The number of methoxy groups -OCH3 is 1. The van der Waals surface area contributed by atoms with Crippen molar-refractivity contribution in [3.63, 3.8) is 0 Å². The number of rotatable bonds is 8. The first-order valence-electron chi connectivity index (χ1n) is 11.8. The molecule has 0 unspecified atom stereocenters. The molecule has 5 aromatic rings. The number of furan rings is 1. The Labute approximate surface area is 232 Å². The molecule has 39 heavy (non-hydrogen) atoms. The molecule has 11 heteroatoms. The molecule has 0 N–H and O–H groups in total. The highest BCUT2D eigenvalue weighted by molar-refractivity contribution is 6.32. The summed E-state index contributed by atoms with van der Waals surface area (Å²) in [4.78, 5) is 29.9. The van der Waals surface area contributed by atoms with Crippen molar-refractivity contribution in [3.05, 3.63) is 86.6 Å². The summed E-state index contributed by atoms with van der Waals surface area (Å²) in [6.45, 7) is 1.60. The van der Waals surface area contributed by atoms with E-state index in [2.05, 4.69) is 10.1 Å². The van der Waals surface area contributed by atoms with Crippen molar-refractivity contribution < 1.29 is 23.4 Å². The maximum Gasteiger partial charge on any atom is 0.344 e. The highest BCUT2D eigenvalue weighted by atomic mass is 35.5. The molecule has 3 aromatic carbocycles. The van der Waals surface area contributed by atoms with Gasteiger partial charge in [0.25, 0.3) is 5.56 Å². The quantitative estimate of drug-likeness (QED) is 0.169. The molecule has 2 heterocycles. The number of fused-ring (bicyclic) bond motifs is 2. The summed E-state index contributed by atoms with van der Waals surface area (Å²) in [5.74, 6) is 0.451. The SMILES string of the molecule is CCOC(=O)COc1c(Cl)cc(C=Nn2c(-c3cc4cc(Cl)ccc4o3)nc3ccccc3c2=O)cc1OC.